The van der Waals surface area contributed by atoms with E-state index in [2.05, 4.69) is 325 Å². The Bertz CT molecular complexity index is 4970. The van der Waals surface area contributed by atoms with Crippen LogP contribution in [0.4, 0.5) is 0 Å². The molecule has 0 radical (unpaired) electrons. The van der Waals surface area contributed by atoms with Crippen LogP contribution in [-0.4, -0.2) is 19.9 Å². The number of hydrogen-bond acceptors (Lipinski definition) is 4. The van der Waals surface area contributed by atoms with Gasteiger partial charge in [-0.25, -0.2) is 19.9 Å². The normalized spacial score (nSPS) is 14.3. The van der Waals surface area contributed by atoms with Crippen molar-refractivity contribution in [2.75, 3.05) is 0 Å². The largest absolute Gasteiger partial charge is 0.226 e. The minimum Gasteiger partial charge on any atom is -0.226 e. The van der Waals surface area contributed by atoms with Crippen LogP contribution in [0, 0.1) is 0 Å². The Balaban J connectivity index is 0.918. The molecule has 0 N–H and O–H groups in total. The molecule has 0 amide bonds. The molecule has 0 unspecified atom stereocenters. The van der Waals surface area contributed by atoms with Crippen LogP contribution in [0.2, 0.25) is 0 Å². The van der Waals surface area contributed by atoms with Gasteiger partial charge in [0, 0.05) is 39.6 Å². The Kier molecular flexibility index (Phi) is 43.4. The highest BCUT2D eigenvalue weighted by molar-refractivity contribution is 9.11. The maximum absolute atomic E-state index is 5.70. The van der Waals surface area contributed by atoms with Crippen LogP contribution in [0.3, 0.4) is 0 Å². The molecule has 0 aliphatic heterocycles. The third kappa shape index (κ3) is 27.9. The summed E-state index contributed by atoms with van der Waals surface area (Å²) in [6, 6.07) is 62.7. The summed E-state index contributed by atoms with van der Waals surface area (Å²) in [6.45, 7) is 18.7. The summed E-state index contributed by atoms with van der Waals surface area (Å²) < 4.78 is 4.68. The van der Waals surface area contributed by atoms with E-state index in [1.165, 1.54) is 437 Å². The molecule has 10 aromatic rings. The molecule has 746 valence electrons. The van der Waals surface area contributed by atoms with Crippen molar-refractivity contribution < 1.29 is 0 Å². The Morgan fingerprint density at radius 3 is 0.493 bits per heavy atom. The van der Waals surface area contributed by atoms with E-state index in [0.29, 0.717) is 11.6 Å². The third-order valence-corrected chi connectivity index (χ3v) is 34.5. The van der Waals surface area contributed by atoms with Gasteiger partial charge in [0.1, 0.15) is 0 Å². The summed E-state index contributed by atoms with van der Waals surface area (Å²) >= 11 is 16.2. The molecule has 14 rings (SSSR count). The van der Waals surface area contributed by atoms with Crippen molar-refractivity contribution in [2.24, 2.45) is 0 Å². The van der Waals surface area contributed by atoms with Crippen molar-refractivity contribution in [3.63, 3.8) is 0 Å². The molecule has 8 heteroatoms. The van der Waals surface area contributed by atoms with Crippen molar-refractivity contribution in [3.05, 3.63) is 265 Å². The predicted octanol–water partition coefficient (Wildman–Crippen LogP) is 43.7. The summed E-state index contributed by atoms with van der Waals surface area (Å²) in [7, 11) is 0. The monoisotopic (exact) mass is 2130 g/mol. The van der Waals surface area contributed by atoms with Gasteiger partial charge >= 0.3 is 0 Å². The van der Waals surface area contributed by atoms with Crippen LogP contribution in [-0.2, 0) is 21.7 Å². The summed E-state index contributed by atoms with van der Waals surface area (Å²) in [5, 5.41) is 0. The van der Waals surface area contributed by atoms with E-state index in [9.17, 15) is 0 Å². The van der Waals surface area contributed by atoms with Crippen LogP contribution in [0.25, 0.3) is 105 Å². The Hall–Kier alpha value is -7.20. The lowest BCUT2D eigenvalue weighted by atomic mass is 9.70. The highest BCUT2D eigenvalue weighted by Crippen LogP contribution is 2.61. The third-order valence-electron chi connectivity index (χ3n) is 32.6. The molecule has 0 spiro atoms. The lowest BCUT2D eigenvalue weighted by molar-refractivity contribution is 0.397. The van der Waals surface area contributed by atoms with Gasteiger partial charge in [0.2, 0.25) is 0 Å². The SMILES string of the molecule is CCCCCCCCC1(CCCCCCCC)c2cc(Br)ccc2-c2ccc(/C=C/c3cc(/C=C/c4ccc5c(c4)C(CCCCCCCC)(CCCCCCCC)c4cc(Br)ccc4-5)nc(-c4nc(/C=C/c5ccc6c(c5)C(CCCCCCCC)(CCCCCCCC)c5cc(Br)ccc5-6)cc(/C=C/c5ccc6c(c5)C(CCCCCCCC)(CCCCCCCC)c5cc(Br)ccc5-6)n4)n3)cc21. The molecule has 0 fully saturated rings. The first-order valence-corrected chi connectivity index (χ1v) is 60.2. The first kappa shape index (κ1) is 109. The minimum absolute atomic E-state index is 0.0830. The molecular weight excluding hydrogens is 1960 g/mol. The van der Waals surface area contributed by atoms with Gasteiger partial charge in [-0.1, -0.05) is 549 Å². The van der Waals surface area contributed by atoms with Gasteiger partial charge in [-0.2, -0.15) is 0 Å². The van der Waals surface area contributed by atoms with Gasteiger partial charge in [0.25, 0.3) is 0 Å². The van der Waals surface area contributed by atoms with E-state index in [0.717, 1.165) is 74.1 Å². The van der Waals surface area contributed by atoms with E-state index < -0.39 is 0 Å². The van der Waals surface area contributed by atoms with Crippen LogP contribution < -0.4 is 0 Å². The maximum atomic E-state index is 5.70. The number of aromatic nitrogens is 4. The van der Waals surface area contributed by atoms with Crippen molar-refractivity contribution >= 4 is 112 Å². The molecule has 4 aliphatic rings. The molecule has 0 atom stereocenters. The molecule has 140 heavy (non-hydrogen) atoms. The van der Waals surface area contributed by atoms with E-state index >= 15 is 0 Å². The molecular formula is C132H170Br4N4. The lowest BCUT2D eigenvalue weighted by Gasteiger charge is -2.33. The Morgan fingerprint density at radius 2 is 0.321 bits per heavy atom. The molecule has 0 bridgehead atoms. The van der Waals surface area contributed by atoms with E-state index in [-0.39, 0.29) is 21.7 Å². The number of hydrogen-bond donors (Lipinski definition) is 0. The summed E-state index contributed by atoms with van der Waals surface area (Å²) in [5.41, 5.74) is 30.9. The standard InChI is InChI=1S/C132H170Br4N4/c1-9-17-25-33-41-49-81-129(82-50-42-34-26-18-10-2)119-89-99(61-73-111(119)115-77-65-103(133)93-123(115)129)57-69-107-97-108(70-58-100-62-74-112-116-78-66-104(134)94-124(116)130(120(112)90-100,83-51-43-35-27-19-11-3)84-52-44-36-28-20-12-4)138-127(137-107)128-139-109(71-59-101-63-75-113-117-79-67-105(135)95-125(117)131(121(113)91-101,85-53-45-37-29-21-13-5)86-54-46-38-30-22-14-6)98-110(140-128)72-60-102-64-76-114-118-80-68-106(136)96-126(118)132(122(114)92-102,87-55-47-39-31-23-15-7)88-56-48-40-32-24-16-8/h57-80,89-98H,9-56,81-88H2,1-8H3/b69-57+,70-58+,71-59+,72-60+. The number of benzene rings is 8. The van der Waals surface area contributed by atoms with Crippen LogP contribution in [0.1, 0.15) is 504 Å². The van der Waals surface area contributed by atoms with Gasteiger partial charge in [-0.15, -0.1) is 0 Å². The van der Waals surface area contributed by atoms with Gasteiger partial charge < -0.3 is 0 Å². The van der Waals surface area contributed by atoms with E-state index in [1.807, 2.05) is 0 Å². The fourth-order valence-corrected chi connectivity index (χ4v) is 26.3. The van der Waals surface area contributed by atoms with Crippen molar-refractivity contribution in [3.8, 4) is 56.2 Å². The molecule has 0 saturated carbocycles. The van der Waals surface area contributed by atoms with E-state index in [1.54, 1.807) is 0 Å². The molecule has 0 saturated heterocycles. The van der Waals surface area contributed by atoms with Gasteiger partial charge in [0.15, 0.2) is 11.6 Å². The number of nitrogens with zero attached hydrogens (tertiary/aromatic N) is 4. The summed E-state index contributed by atoms with van der Waals surface area (Å²) in [4.78, 5) is 22.8. The highest BCUT2D eigenvalue weighted by atomic mass is 79.9. The fraction of sp³-hybridized carbons (Fsp3) is 0.515. The second kappa shape index (κ2) is 55.9. The average molecular weight is 2130 g/mol. The zero-order valence-corrected chi connectivity index (χ0v) is 93.9. The summed E-state index contributed by atoms with van der Waals surface area (Å²) in [5.74, 6) is 1.00. The molecule has 4 aliphatic carbocycles. The van der Waals surface area contributed by atoms with Crippen LogP contribution >= 0.6 is 63.7 Å². The number of fused-ring (bicyclic) bond motifs is 12. The maximum Gasteiger partial charge on any atom is 0.198 e. The summed E-state index contributed by atoms with van der Waals surface area (Å²) in [6.07, 6.45) is 89.1. The second-order valence-corrected chi connectivity index (χ2v) is 46.5. The molecule has 8 aromatic carbocycles. The number of rotatable bonds is 65. The van der Waals surface area contributed by atoms with Crippen LogP contribution in [0.15, 0.2) is 176 Å². The van der Waals surface area contributed by atoms with Crippen LogP contribution in [0.5, 0.6) is 0 Å². The van der Waals surface area contributed by atoms with Gasteiger partial charge in [-0.05, 0) is 248 Å². The minimum atomic E-state index is -0.0830. The highest BCUT2D eigenvalue weighted by Gasteiger charge is 2.47. The number of unbranched alkanes of at least 4 members (excludes halogenated alkanes) is 40. The quantitative estimate of drug-likeness (QED) is 0.0357. The molecule has 4 nitrogen and oxygen atoms in total. The molecule has 2 heterocycles. The van der Waals surface area contributed by atoms with E-state index in [4.69, 9.17) is 19.9 Å². The lowest BCUT2D eigenvalue weighted by Crippen LogP contribution is -2.25. The van der Waals surface area contributed by atoms with Crippen molar-refractivity contribution in [1.29, 1.82) is 0 Å². The van der Waals surface area contributed by atoms with Gasteiger partial charge in [-0.3, -0.25) is 0 Å². The first-order valence-electron chi connectivity index (χ1n) is 57.0. The van der Waals surface area contributed by atoms with Gasteiger partial charge in [0.05, 0.1) is 22.8 Å². The average Bonchev–Trinajstić information content (AvgIpc) is 1.58. The predicted molar refractivity (Wildman–Crippen MR) is 624 cm³/mol. The number of halogens is 4. The van der Waals surface area contributed by atoms with Crippen molar-refractivity contribution in [2.45, 2.75) is 437 Å². The first-order chi connectivity index (χ1) is 68.7. The Morgan fingerprint density at radius 1 is 0.171 bits per heavy atom. The second-order valence-electron chi connectivity index (χ2n) is 42.9. The molecule has 2 aromatic heterocycles. The fourth-order valence-electron chi connectivity index (χ4n) is 24.9. The van der Waals surface area contributed by atoms with Crippen molar-refractivity contribution in [1.82, 2.24) is 19.9 Å². The smallest absolute Gasteiger partial charge is 0.198 e. The Labute approximate surface area is 882 Å². The zero-order chi connectivity index (χ0) is 97.8. The topological polar surface area (TPSA) is 51.6 Å². The zero-order valence-electron chi connectivity index (χ0n) is 87.5.